The summed E-state index contributed by atoms with van der Waals surface area (Å²) in [7, 11) is 0. The molecule has 6 rings (SSSR count). The number of fused-ring (bicyclic) bond motifs is 5. The smallest absolute Gasteiger partial charge is 0.328 e. The zero-order chi connectivity index (χ0) is 23.9. The van der Waals surface area contributed by atoms with Crippen LogP contribution in [0.1, 0.15) is 25.8 Å². The van der Waals surface area contributed by atoms with Gasteiger partial charge in [-0.25, -0.2) is 14.8 Å². The molecule has 3 aliphatic rings. The van der Waals surface area contributed by atoms with Crippen LogP contribution in [0.15, 0.2) is 10.7 Å². The van der Waals surface area contributed by atoms with Crippen molar-refractivity contribution in [3.8, 4) is 10.7 Å². The monoisotopic (exact) mass is 504 g/mol. The number of halogens is 1. The second-order valence-corrected chi connectivity index (χ2v) is 10.5. The lowest BCUT2D eigenvalue weighted by molar-refractivity contribution is -0.153. The first-order valence-electron chi connectivity index (χ1n) is 10.7. The van der Waals surface area contributed by atoms with E-state index in [1.54, 1.807) is 13.1 Å². The Morgan fingerprint density at radius 2 is 2.00 bits per heavy atom. The third-order valence-electron chi connectivity index (χ3n) is 6.60. The summed E-state index contributed by atoms with van der Waals surface area (Å²) < 4.78 is 11.6. The fourth-order valence-electron chi connectivity index (χ4n) is 5.36. The van der Waals surface area contributed by atoms with Crippen molar-refractivity contribution in [3.63, 3.8) is 0 Å². The molecular formula is C21H21ClN6O5S. The van der Waals surface area contributed by atoms with Gasteiger partial charge in [-0.3, -0.25) is 20.2 Å². The highest BCUT2D eigenvalue weighted by molar-refractivity contribution is 7.15. The first kappa shape index (κ1) is 21.4. The van der Waals surface area contributed by atoms with E-state index in [2.05, 4.69) is 20.8 Å². The van der Waals surface area contributed by atoms with E-state index in [1.807, 2.05) is 18.7 Å². The molecule has 4 amide bonds. The van der Waals surface area contributed by atoms with Crippen LogP contribution in [0.3, 0.4) is 0 Å². The summed E-state index contributed by atoms with van der Waals surface area (Å²) in [5, 5.41) is 9.60. The standard InChI is InChI=1S/C21H19ClN6O5S.H2/c1-7-6-28-14-10(4-21(16(28)9(3)32-7)18(29)25-20(31)26-19(21)30)24-12-13(17-23-5-8(2)34-17)27-33-15(12)11(14)22;/h5,7,9,16H,4,6H2,1-3H3,(H2,25,26,29,30,31);1H/t7-,9+,16-;/m1./s1. The molecule has 11 nitrogen and oxygen atoms in total. The Bertz CT molecular complexity index is 1390. The van der Waals surface area contributed by atoms with E-state index in [0.29, 0.717) is 44.7 Å². The number of aromatic nitrogens is 3. The Morgan fingerprint density at radius 1 is 1.26 bits per heavy atom. The number of hydrogen-bond acceptors (Lipinski definition) is 10. The molecule has 0 unspecified atom stereocenters. The third-order valence-corrected chi connectivity index (χ3v) is 7.87. The van der Waals surface area contributed by atoms with Gasteiger partial charge in [-0.05, 0) is 20.8 Å². The van der Waals surface area contributed by atoms with E-state index in [-0.39, 0.29) is 14.0 Å². The fourth-order valence-corrected chi connectivity index (χ4v) is 6.45. The third kappa shape index (κ3) is 2.79. The molecule has 3 aromatic rings. The summed E-state index contributed by atoms with van der Waals surface area (Å²) in [5.74, 6) is -1.38. The number of urea groups is 1. The number of aryl methyl sites for hydroxylation is 1. The van der Waals surface area contributed by atoms with Gasteiger partial charge < -0.3 is 14.2 Å². The minimum atomic E-state index is -1.64. The number of morpholine rings is 1. The number of anilines is 1. The van der Waals surface area contributed by atoms with E-state index in [9.17, 15) is 14.4 Å². The Labute approximate surface area is 203 Å². The van der Waals surface area contributed by atoms with Gasteiger partial charge in [0.25, 0.3) is 0 Å². The molecule has 0 saturated carbocycles. The lowest BCUT2D eigenvalue weighted by Gasteiger charge is -2.55. The van der Waals surface area contributed by atoms with Crippen LogP contribution in [0, 0.1) is 12.3 Å². The minimum absolute atomic E-state index is 0. The number of rotatable bonds is 1. The largest absolute Gasteiger partial charge is 0.372 e. The van der Waals surface area contributed by atoms with E-state index in [0.717, 1.165) is 4.88 Å². The maximum absolute atomic E-state index is 13.3. The topological polar surface area (TPSA) is 140 Å². The van der Waals surface area contributed by atoms with Crippen molar-refractivity contribution >= 4 is 57.6 Å². The zero-order valence-electron chi connectivity index (χ0n) is 18.3. The van der Waals surface area contributed by atoms with Gasteiger partial charge in [-0.2, -0.15) is 0 Å². The van der Waals surface area contributed by atoms with E-state index in [4.69, 9.17) is 25.8 Å². The lowest BCUT2D eigenvalue weighted by Crippen LogP contribution is -2.75. The van der Waals surface area contributed by atoms with Crippen LogP contribution in [-0.2, 0) is 20.7 Å². The molecule has 3 aliphatic heterocycles. The molecule has 0 radical (unpaired) electrons. The Morgan fingerprint density at radius 3 is 2.68 bits per heavy atom. The molecule has 13 heteroatoms. The molecule has 0 aromatic carbocycles. The van der Waals surface area contributed by atoms with Crippen LogP contribution in [-0.4, -0.2) is 57.8 Å². The predicted molar refractivity (Wildman–Crippen MR) is 124 cm³/mol. The number of barbiturate groups is 1. The Hall–Kier alpha value is -3.09. The van der Waals surface area contributed by atoms with Crippen LogP contribution in [0.25, 0.3) is 21.8 Å². The average molecular weight is 505 g/mol. The van der Waals surface area contributed by atoms with Crippen LogP contribution >= 0.6 is 22.9 Å². The van der Waals surface area contributed by atoms with Gasteiger partial charge in [0.2, 0.25) is 17.4 Å². The van der Waals surface area contributed by atoms with Crippen molar-refractivity contribution in [1.29, 1.82) is 0 Å². The number of nitrogens with one attached hydrogen (secondary N) is 2. The molecule has 0 aliphatic carbocycles. The number of amides is 4. The van der Waals surface area contributed by atoms with Crippen molar-refractivity contribution < 1.29 is 25.1 Å². The second-order valence-electron chi connectivity index (χ2n) is 8.84. The molecule has 178 valence electrons. The highest BCUT2D eigenvalue weighted by Crippen LogP contribution is 2.50. The number of pyridine rings is 1. The summed E-state index contributed by atoms with van der Waals surface area (Å²) in [6.07, 6.45) is 0.927. The van der Waals surface area contributed by atoms with Gasteiger partial charge >= 0.3 is 6.03 Å². The quantitative estimate of drug-likeness (QED) is 0.478. The SMILES string of the molecule is Cc1cnc(-c2noc3c(Cl)c4c(nc23)CC2(C(=O)NC(=O)NC2=O)[C@H]2[C@H](C)O[C@H](C)CN42)s1.[HH]. The first-order chi connectivity index (χ1) is 16.2. The Balaban J connectivity index is 0.00000253. The molecule has 2 fully saturated rings. The molecule has 3 aromatic heterocycles. The van der Waals surface area contributed by atoms with Crippen LogP contribution in [0.5, 0.6) is 0 Å². The average Bonchev–Trinajstić information content (AvgIpc) is 3.37. The molecule has 2 N–H and O–H groups in total. The summed E-state index contributed by atoms with van der Waals surface area (Å²) >= 11 is 8.31. The van der Waals surface area contributed by atoms with Crippen LogP contribution in [0.2, 0.25) is 5.02 Å². The number of carbonyl (C=O) groups excluding carboxylic acids is 3. The van der Waals surface area contributed by atoms with Gasteiger partial charge in [0.15, 0.2) is 11.1 Å². The highest BCUT2D eigenvalue weighted by Gasteiger charge is 2.63. The van der Waals surface area contributed by atoms with Crippen molar-refractivity contribution in [1.82, 2.24) is 25.8 Å². The fraction of sp³-hybridized carbons (Fsp3) is 0.429. The second kappa shape index (κ2) is 7.20. The van der Waals surface area contributed by atoms with Crippen LogP contribution < -0.4 is 15.5 Å². The Kier molecular flexibility index (Phi) is 4.54. The molecule has 6 heterocycles. The van der Waals surface area contributed by atoms with Crippen LogP contribution in [0.4, 0.5) is 10.5 Å². The zero-order valence-corrected chi connectivity index (χ0v) is 19.9. The van der Waals surface area contributed by atoms with E-state index >= 15 is 0 Å². The normalized spacial score (nSPS) is 25.8. The summed E-state index contributed by atoms with van der Waals surface area (Å²) in [5.41, 5.74) is 0.506. The lowest BCUT2D eigenvalue weighted by atomic mass is 9.67. The molecule has 3 atom stereocenters. The number of hydrogen-bond donors (Lipinski definition) is 2. The molecule has 0 bridgehead atoms. The molecular weight excluding hydrogens is 484 g/mol. The maximum atomic E-state index is 13.3. The van der Waals surface area contributed by atoms with Gasteiger partial charge in [0.1, 0.15) is 15.5 Å². The predicted octanol–water partition coefficient (Wildman–Crippen LogP) is 2.44. The molecule has 1 spiro atoms. The molecule has 2 saturated heterocycles. The number of thiazole rings is 1. The highest BCUT2D eigenvalue weighted by atomic mass is 35.5. The van der Waals surface area contributed by atoms with Gasteiger partial charge in [-0.15, -0.1) is 11.3 Å². The maximum Gasteiger partial charge on any atom is 0.328 e. The number of ether oxygens (including phenoxy) is 1. The van der Waals surface area contributed by atoms with Crippen molar-refractivity contribution in [2.45, 2.75) is 45.4 Å². The number of carbonyl (C=O) groups is 3. The minimum Gasteiger partial charge on any atom is -0.372 e. The number of imide groups is 2. The van der Waals surface area contributed by atoms with Gasteiger partial charge in [0, 0.05) is 25.5 Å². The summed E-state index contributed by atoms with van der Waals surface area (Å²) in [6.45, 7) is 5.99. The summed E-state index contributed by atoms with van der Waals surface area (Å²) in [4.78, 5) is 50.5. The first-order valence-corrected chi connectivity index (χ1v) is 11.9. The van der Waals surface area contributed by atoms with Crippen molar-refractivity contribution in [2.75, 3.05) is 11.4 Å². The van der Waals surface area contributed by atoms with Crippen molar-refractivity contribution in [2.24, 2.45) is 5.41 Å². The summed E-state index contributed by atoms with van der Waals surface area (Å²) in [6, 6.07) is -1.57. The molecule has 34 heavy (non-hydrogen) atoms. The van der Waals surface area contributed by atoms with Gasteiger partial charge in [0.05, 0.1) is 29.6 Å². The van der Waals surface area contributed by atoms with E-state index < -0.39 is 35.4 Å². The number of nitrogens with zero attached hydrogens (tertiary/aromatic N) is 4. The van der Waals surface area contributed by atoms with Crippen molar-refractivity contribution in [3.05, 3.63) is 21.8 Å². The van der Waals surface area contributed by atoms with E-state index in [1.165, 1.54) is 11.3 Å². The van der Waals surface area contributed by atoms with Gasteiger partial charge in [-0.1, -0.05) is 16.8 Å².